The van der Waals surface area contributed by atoms with E-state index in [1.807, 2.05) is 69.3 Å². The molecule has 0 bridgehead atoms. The summed E-state index contributed by atoms with van der Waals surface area (Å²) in [6.45, 7) is 17.4. The van der Waals surface area contributed by atoms with Gasteiger partial charge in [-0.1, -0.05) is 62.7 Å². The van der Waals surface area contributed by atoms with Crippen molar-refractivity contribution in [2.24, 2.45) is 0 Å². The van der Waals surface area contributed by atoms with Crippen LogP contribution in [-0.4, -0.2) is 70.7 Å². The monoisotopic (exact) mass is 696 g/mol. The van der Waals surface area contributed by atoms with E-state index in [1.54, 1.807) is 17.0 Å². The van der Waals surface area contributed by atoms with Crippen LogP contribution >= 0.6 is 11.6 Å². The second-order valence-electron chi connectivity index (χ2n) is 14.1. The van der Waals surface area contributed by atoms with Gasteiger partial charge in [0.25, 0.3) is 0 Å². The van der Waals surface area contributed by atoms with Crippen molar-refractivity contribution in [3.8, 4) is 11.1 Å². The number of rotatable bonds is 12. The van der Waals surface area contributed by atoms with Gasteiger partial charge in [-0.15, -0.1) is 0 Å². The van der Waals surface area contributed by atoms with E-state index in [4.69, 9.17) is 30.2 Å². The fourth-order valence-corrected chi connectivity index (χ4v) is 6.16. The van der Waals surface area contributed by atoms with Crippen molar-refractivity contribution >= 4 is 43.6 Å². The number of ether oxygens (including phenoxy) is 3. The van der Waals surface area contributed by atoms with Crippen molar-refractivity contribution in [3.05, 3.63) is 88.4 Å². The van der Waals surface area contributed by atoms with Crippen LogP contribution in [0, 0.1) is 0 Å². The third kappa shape index (κ3) is 10.6. The fraction of sp³-hybridized carbons (Fsp3) is 0.432. The van der Waals surface area contributed by atoms with Crippen LogP contribution in [0.2, 0.25) is 23.2 Å². The fourth-order valence-electron chi connectivity index (χ4n) is 4.69. The minimum absolute atomic E-state index is 0.0551. The molecule has 3 aromatic rings. The first kappa shape index (κ1) is 38.6. The molecule has 0 saturated heterocycles. The molecule has 0 aliphatic heterocycles. The van der Waals surface area contributed by atoms with E-state index in [0.29, 0.717) is 23.7 Å². The Labute approximate surface area is 291 Å². The summed E-state index contributed by atoms with van der Waals surface area (Å²) in [4.78, 5) is 40.0. The largest absolute Gasteiger partial charge is 0.465 e. The molecule has 260 valence electrons. The van der Waals surface area contributed by atoms with Gasteiger partial charge in [-0.3, -0.25) is 0 Å². The summed E-state index contributed by atoms with van der Waals surface area (Å²) in [5, 5.41) is 3.95. The van der Waals surface area contributed by atoms with Crippen LogP contribution in [0.4, 0.5) is 10.5 Å². The Bertz CT molecular complexity index is 1600. The van der Waals surface area contributed by atoms with E-state index in [-0.39, 0.29) is 22.7 Å². The van der Waals surface area contributed by atoms with E-state index >= 15 is 0 Å². The zero-order valence-electron chi connectivity index (χ0n) is 29.7. The van der Waals surface area contributed by atoms with Crippen molar-refractivity contribution in [1.29, 1.82) is 0 Å². The number of benzene rings is 3. The SMILES string of the molecule is COC(=O)c1ccc(-c2cccc(NCCN(C[C@H](O[Si](C)(C)C(C)(C)C)c3cccc(Cl)c3)C(=O)OC(C)(C)C)c2)c(C(=O)OC)c1. The molecule has 48 heavy (non-hydrogen) atoms. The summed E-state index contributed by atoms with van der Waals surface area (Å²) in [5.41, 5.74) is 2.79. The number of esters is 2. The Kier molecular flexibility index (Phi) is 12.9. The lowest BCUT2D eigenvalue weighted by Gasteiger charge is -2.40. The van der Waals surface area contributed by atoms with Crippen molar-refractivity contribution in [2.45, 2.75) is 71.4 Å². The number of nitrogens with zero attached hydrogens (tertiary/aromatic N) is 1. The molecule has 0 aliphatic carbocycles. The Hall–Kier alpha value is -3.86. The van der Waals surface area contributed by atoms with Crippen molar-refractivity contribution in [2.75, 3.05) is 39.2 Å². The maximum absolute atomic E-state index is 13.6. The average molecular weight is 697 g/mol. The molecule has 0 aliphatic rings. The van der Waals surface area contributed by atoms with Crippen LogP contribution in [0.25, 0.3) is 11.1 Å². The average Bonchev–Trinajstić information content (AvgIpc) is 3.01. The molecule has 9 nitrogen and oxygen atoms in total. The first-order valence-electron chi connectivity index (χ1n) is 15.9. The van der Waals surface area contributed by atoms with Gasteiger partial charge in [0.1, 0.15) is 5.60 Å². The number of halogens is 1. The molecule has 11 heteroatoms. The number of carbonyl (C=O) groups excluding carboxylic acids is 3. The van der Waals surface area contributed by atoms with Crippen LogP contribution in [0.5, 0.6) is 0 Å². The highest BCUT2D eigenvalue weighted by Crippen LogP contribution is 2.40. The number of methoxy groups -OCH3 is 2. The highest BCUT2D eigenvalue weighted by atomic mass is 35.5. The molecule has 3 aromatic carbocycles. The minimum atomic E-state index is -2.26. The summed E-state index contributed by atoms with van der Waals surface area (Å²) in [6.07, 6.45) is -0.873. The number of hydrogen-bond acceptors (Lipinski definition) is 8. The van der Waals surface area contributed by atoms with E-state index in [2.05, 4.69) is 39.2 Å². The molecule has 0 aromatic heterocycles. The van der Waals surface area contributed by atoms with Gasteiger partial charge < -0.3 is 28.9 Å². The van der Waals surface area contributed by atoms with Crippen molar-refractivity contribution in [3.63, 3.8) is 0 Å². The van der Waals surface area contributed by atoms with Crippen LogP contribution in [0.3, 0.4) is 0 Å². The smallest absolute Gasteiger partial charge is 0.410 e. The second kappa shape index (κ2) is 16.0. The maximum atomic E-state index is 13.6. The van der Waals surface area contributed by atoms with Crippen LogP contribution < -0.4 is 5.32 Å². The lowest BCUT2D eigenvalue weighted by Crippen LogP contribution is -2.46. The standard InChI is InChI=1S/C37H49ClN2O7Si/c1-36(2,3)46-35(43)40(24-32(26-14-11-15-28(38)21-26)47-48(9,10)37(4,5)6)20-19-39-29-16-12-13-25(22-29)30-18-17-27(33(41)44-7)23-31(30)34(42)45-8/h11-18,21-23,32,39H,19-20,24H2,1-10H3/t32-/m0/s1. The zero-order valence-corrected chi connectivity index (χ0v) is 31.5. The predicted molar refractivity (Wildman–Crippen MR) is 193 cm³/mol. The first-order valence-corrected chi connectivity index (χ1v) is 19.2. The molecular weight excluding hydrogens is 648 g/mol. The van der Waals surface area contributed by atoms with E-state index in [1.165, 1.54) is 20.3 Å². The predicted octanol–water partition coefficient (Wildman–Crippen LogP) is 8.99. The maximum Gasteiger partial charge on any atom is 0.410 e. The van der Waals surface area contributed by atoms with Gasteiger partial charge in [-0.2, -0.15) is 0 Å². The number of hydrogen-bond donors (Lipinski definition) is 1. The summed E-state index contributed by atoms with van der Waals surface area (Å²) in [7, 11) is 0.312. The first-order chi connectivity index (χ1) is 22.3. The molecule has 3 rings (SSSR count). The molecule has 0 saturated carbocycles. The Morgan fingerprint density at radius 1 is 0.875 bits per heavy atom. The van der Waals surface area contributed by atoms with Crippen LogP contribution in [0.1, 0.15) is 73.9 Å². The molecule has 1 atom stereocenters. The zero-order chi connectivity index (χ0) is 35.9. The summed E-state index contributed by atoms with van der Waals surface area (Å²) < 4.78 is 22.5. The van der Waals surface area contributed by atoms with Gasteiger partial charge in [0, 0.05) is 23.8 Å². The van der Waals surface area contributed by atoms with Gasteiger partial charge in [-0.25, -0.2) is 14.4 Å². The van der Waals surface area contributed by atoms with E-state index in [0.717, 1.165) is 16.8 Å². The molecule has 0 fully saturated rings. The highest BCUT2D eigenvalue weighted by molar-refractivity contribution is 6.74. The topological polar surface area (TPSA) is 103 Å². The number of amides is 1. The van der Waals surface area contributed by atoms with Crippen molar-refractivity contribution in [1.82, 2.24) is 4.90 Å². The van der Waals surface area contributed by atoms with Gasteiger partial charge in [-0.05, 0) is 92.0 Å². The van der Waals surface area contributed by atoms with Crippen LogP contribution in [-0.2, 0) is 18.6 Å². The molecule has 0 unspecified atom stereocenters. The lowest BCUT2D eigenvalue weighted by atomic mass is 9.97. The van der Waals surface area contributed by atoms with Gasteiger partial charge in [0.2, 0.25) is 0 Å². The van der Waals surface area contributed by atoms with Crippen molar-refractivity contribution < 1.29 is 33.0 Å². The molecule has 1 N–H and O–H groups in total. The minimum Gasteiger partial charge on any atom is -0.465 e. The second-order valence-corrected chi connectivity index (χ2v) is 19.3. The quantitative estimate of drug-likeness (QED) is 0.114. The third-order valence-electron chi connectivity index (χ3n) is 8.23. The van der Waals surface area contributed by atoms with Gasteiger partial charge in [0.05, 0.1) is 38.0 Å². The Balaban J connectivity index is 1.89. The molecule has 0 radical (unpaired) electrons. The summed E-state index contributed by atoms with van der Waals surface area (Å²) in [6, 6.07) is 19.9. The van der Waals surface area contributed by atoms with E-state index in [9.17, 15) is 14.4 Å². The van der Waals surface area contributed by atoms with Gasteiger partial charge in [0.15, 0.2) is 8.32 Å². The van der Waals surface area contributed by atoms with Crippen LogP contribution in [0.15, 0.2) is 66.7 Å². The Morgan fingerprint density at radius 2 is 1.54 bits per heavy atom. The number of anilines is 1. The molecular formula is C37H49ClN2O7Si. The summed E-state index contributed by atoms with van der Waals surface area (Å²) in [5.74, 6) is -1.12. The Morgan fingerprint density at radius 3 is 2.15 bits per heavy atom. The molecule has 0 heterocycles. The normalized spacial score (nSPS) is 12.6. The number of carbonyl (C=O) groups is 3. The number of nitrogens with one attached hydrogen (secondary N) is 1. The highest BCUT2D eigenvalue weighted by Gasteiger charge is 2.40. The van der Waals surface area contributed by atoms with E-state index < -0.39 is 38.1 Å². The van der Waals surface area contributed by atoms with Gasteiger partial charge >= 0.3 is 18.0 Å². The third-order valence-corrected chi connectivity index (χ3v) is 13.0. The summed E-state index contributed by atoms with van der Waals surface area (Å²) >= 11 is 6.40. The lowest BCUT2D eigenvalue weighted by molar-refractivity contribution is 0.0165. The molecule has 1 amide bonds. The molecule has 0 spiro atoms.